The van der Waals surface area contributed by atoms with Gasteiger partial charge < -0.3 is 15.0 Å². The van der Waals surface area contributed by atoms with Gasteiger partial charge in [0, 0.05) is 24.9 Å². The quantitative estimate of drug-likeness (QED) is 0.866. The number of para-hydroxylation sites is 1. The molecule has 2 N–H and O–H groups in total. The van der Waals surface area contributed by atoms with Crippen molar-refractivity contribution < 1.29 is 4.74 Å². The first kappa shape index (κ1) is 10.9. The molecular weight excluding hydrogens is 228 g/mol. The third-order valence-electron chi connectivity index (χ3n) is 3.14. The minimum absolute atomic E-state index is 0.101. The first-order chi connectivity index (χ1) is 8.72. The topological polar surface area (TPSA) is 57.2 Å². The molecule has 2 aromatic rings. The predicted octanol–water partition coefficient (Wildman–Crippen LogP) is 1.43. The molecule has 1 aliphatic heterocycles. The predicted molar refractivity (Wildman–Crippen MR) is 69.7 cm³/mol. The highest BCUT2D eigenvalue weighted by Crippen LogP contribution is 2.28. The van der Waals surface area contributed by atoms with Gasteiger partial charge in [0.15, 0.2) is 0 Å². The van der Waals surface area contributed by atoms with Gasteiger partial charge in [-0.15, -0.1) is 0 Å². The molecule has 0 bridgehead atoms. The Morgan fingerprint density at radius 2 is 2.17 bits per heavy atom. The summed E-state index contributed by atoms with van der Waals surface area (Å²) in [6.07, 6.45) is 4.39. The van der Waals surface area contributed by atoms with Crippen LogP contribution in [0.4, 0.5) is 5.69 Å². The summed E-state index contributed by atoms with van der Waals surface area (Å²) in [7, 11) is 0. The zero-order chi connectivity index (χ0) is 12.5. The Hall–Kier alpha value is -2.23. The van der Waals surface area contributed by atoms with Crippen molar-refractivity contribution in [3.05, 3.63) is 58.5 Å². The molecule has 1 unspecified atom stereocenters. The molecule has 18 heavy (non-hydrogen) atoms. The van der Waals surface area contributed by atoms with Crippen molar-refractivity contribution in [1.29, 1.82) is 0 Å². The van der Waals surface area contributed by atoms with Crippen LogP contribution in [0.15, 0.2) is 47.5 Å². The summed E-state index contributed by atoms with van der Waals surface area (Å²) in [5, 5.41) is 0. The minimum atomic E-state index is -0.137. The zero-order valence-electron chi connectivity index (χ0n) is 9.87. The van der Waals surface area contributed by atoms with Crippen LogP contribution < -0.4 is 15.9 Å². The van der Waals surface area contributed by atoms with Crippen LogP contribution in [-0.4, -0.2) is 10.7 Å². The number of hydrogen-bond acceptors (Lipinski definition) is 3. The summed E-state index contributed by atoms with van der Waals surface area (Å²) in [6, 6.07) is 9.53. The summed E-state index contributed by atoms with van der Waals surface area (Å²) in [5.74, 6) is 0.955. The lowest BCUT2D eigenvalue weighted by Crippen LogP contribution is -2.22. The van der Waals surface area contributed by atoms with Crippen LogP contribution >= 0.6 is 0 Å². The lowest BCUT2D eigenvalue weighted by Gasteiger charge is -2.13. The summed E-state index contributed by atoms with van der Waals surface area (Å²) in [4.78, 5) is 11.2. The molecule has 1 aliphatic rings. The van der Waals surface area contributed by atoms with Crippen molar-refractivity contribution >= 4 is 5.69 Å². The number of fused-ring (bicyclic) bond motifs is 1. The van der Waals surface area contributed by atoms with Gasteiger partial charge >= 0.3 is 0 Å². The number of hydrogen-bond donors (Lipinski definition) is 1. The van der Waals surface area contributed by atoms with Gasteiger partial charge in [0.25, 0.3) is 0 Å². The smallest absolute Gasteiger partial charge is 0.204 e. The van der Waals surface area contributed by atoms with Crippen molar-refractivity contribution in [2.24, 2.45) is 0 Å². The van der Waals surface area contributed by atoms with Crippen molar-refractivity contribution in [3.63, 3.8) is 0 Å². The first-order valence-corrected chi connectivity index (χ1v) is 5.92. The third kappa shape index (κ3) is 1.97. The van der Waals surface area contributed by atoms with E-state index in [4.69, 9.17) is 10.5 Å². The molecule has 0 saturated carbocycles. The van der Waals surface area contributed by atoms with Crippen LogP contribution in [0.2, 0.25) is 0 Å². The molecular formula is C14H14N2O2. The van der Waals surface area contributed by atoms with E-state index in [2.05, 4.69) is 6.07 Å². The molecule has 1 atom stereocenters. The number of nitrogen functional groups attached to an aromatic ring is 1. The molecule has 3 rings (SSSR count). The Morgan fingerprint density at radius 3 is 2.94 bits per heavy atom. The molecule has 0 radical (unpaired) electrons. The van der Waals surface area contributed by atoms with Crippen LogP contribution in [-0.2, 0) is 13.0 Å². The lowest BCUT2D eigenvalue weighted by atomic mass is 10.1. The molecule has 92 valence electrons. The molecule has 0 fully saturated rings. The highest BCUT2D eigenvalue weighted by atomic mass is 16.5. The Morgan fingerprint density at radius 1 is 1.33 bits per heavy atom. The van der Waals surface area contributed by atoms with Crippen molar-refractivity contribution in [1.82, 2.24) is 4.57 Å². The molecule has 1 aromatic heterocycles. The van der Waals surface area contributed by atoms with E-state index < -0.39 is 0 Å². The number of aromatic nitrogens is 1. The van der Waals surface area contributed by atoms with E-state index in [9.17, 15) is 4.79 Å². The molecule has 0 spiro atoms. The van der Waals surface area contributed by atoms with Gasteiger partial charge in [0.1, 0.15) is 11.9 Å². The maximum atomic E-state index is 11.2. The van der Waals surface area contributed by atoms with Gasteiger partial charge in [0.05, 0.1) is 12.2 Å². The minimum Gasteiger partial charge on any atom is -0.488 e. The Balaban J connectivity index is 1.76. The van der Waals surface area contributed by atoms with E-state index in [0.29, 0.717) is 6.54 Å². The van der Waals surface area contributed by atoms with Crippen molar-refractivity contribution in [2.75, 3.05) is 5.73 Å². The largest absolute Gasteiger partial charge is 0.488 e. The van der Waals surface area contributed by atoms with E-state index >= 15 is 0 Å². The van der Waals surface area contributed by atoms with Crippen LogP contribution in [0.3, 0.4) is 0 Å². The zero-order valence-corrected chi connectivity index (χ0v) is 9.87. The fraction of sp³-hybridized carbons (Fsp3) is 0.214. The van der Waals surface area contributed by atoms with Crippen LogP contribution in [0.5, 0.6) is 5.75 Å². The summed E-state index contributed by atoms with van der Waals surface area (Å²) < 4.78 is 7.74. The van der Waals surface area contributed by atoms with Gasteiger partial charge in [-0.25, -0.2) is 0 Å². The van der Waals surface area contributed by atoms with E-state index in [1.54, 1.807) is 12.4 Å². The van der Waals surface area contributed by atoms with Gasteiger partial charge in [-0.3, -0.25) is 4.79 Å². The fourth-order valence-electron chi connectivity index (χ4n) is 2.25. The van der Waals surface area contributed by atoms with E-state index in [1.807, 2.05) is 22.8 Å². The summed E-state index contributed by atoms with van der Waals surface area (Å²) >= 11 is 0. The van der Waals surface area contributed by atoms with Crippen LogP contribution in [0.1, 0.15) is 5.56 Å². The molecule has 4 nitrogen and oxygen atoms in total. The monoisotopic (exact) mass is 242 g/mol. The third-order valence-corrected chi connectivity index (χ3v) is 3.14. The number of ether oxygens (including phenoxy) is 1. The van der Waals surface area contributed by atoms with E-state index in [-0.39, 0.29) is 17.2 Å². The Kier molecular flexibility index (Phi) is 2.55. The molecule has 0 saturated heterocycles. The maximum Gasteiger partial charge on any atom is 0.204 e. The van der Waals surface area contributed by atoms with Gasteiger partial charge in [-0.1, -0.05) is 18.2 Å². The summed E-state index contributed by atoms with van der Waals surface area (Å²) in [5.41, 5.74) is 6.97. The van der Waals surface area contributed by atoms with Crippen molar-refractivity contribution in [2.45, 2.75) is 19.1 Å². The van der Waals surface area contributed by atoms with Gasteiger partial charge in [0.2, 0.25) is 5.43 Å². The second-order valence-electron chi connectivity index (χ2n) is 4.51. The number of nitrogens with zero attached hydrogens (tertiary/aromatic N) is 1. The standard InChI is InChI=1S/C14H14N2O2/c15-12-9-16(6-5-13(12)17)8-11-7-10-3-1-2-4-14(10)18-11/h1-6,9,11H,7-8,15H2. The highest BCUT2D eigenvalue weighted by Gasteiger charge is 2.22. The number of benzene rings is 1. The first-order valence-electron chi connectivity index (χ1n) is 5.92. The average Bonchev–Trinajstić information content (AvgIpc) is 2.76. The number of rotatable bonds is 2. The Bertz CT molecular complexity index is 609. The molecule has 0 aliphatic carbocycles. The fourth-order valence-corrected chi connectivity index (χ4v) is 2.25. The molecule has 4 heteroatoms. The normalized spacial score (nSPS) is 17.2. The van der Waals surface area contributed by atoms with E-state index in [1.165, 1.54) is 11.6 Å². The molecule has 2 heterocycles. The number of pyridine rings is 1. The lowest BCUT2D eigenvalue weighted by molar-refractivity contribution is 0.209. The molecule has 0 amide bonds. The SMILES string of the molecule is Nc1cn(CC2Cc3ccccc3O2)ccc1=O. The van der Waals surface area contributed by atoms with Crippen molar-refractivity contribution in [3.8, 4) is 5.75 Å². The van der Waals surface area contributed by atoms with E-state index in [0.717, 1.165) is 12.2 Å². The average molecular weight is 242 g/mol. The highest BCUT2D eigenvalue weighted by molar-refractivity contribution is 5.37. The van der Waals surface area contributed by atoms with Crippen LogP contribution in [0, 0.1) is 0 Å². The number of nitrogens with two attached hydrogens (primary N) is 1. The summed E-state index contributed by atoms with van der Waals surface area (Å²) in [6.45, 7) is 0.694. The number of anilines is 1. The van der Waals surface area contributed by atoms with Crippen LogP contribution in [0.25, 0.3) is 0 Å². The second kappa shape index (κ2) is 4.22. The second-order valence-corrected chi connectivity index (χ2v) is 4.51. The maximum absolute atomic E-state index is 11.2. The van der Waals surface area contributed by atoms with Gasteiger partial charge in [-0.2, -0.15) is 0 Å². The molecule has 1 aromatic carbocycles. The van der Waals surface area contributed by atoms with Gasteiger partial charge in [-0.05, 0) is 11.6 Å². The Labute approximate surface area is 105 Å².